The van der Waals surface area contributed by atoms with E-state index in [0.29, 0.717) is 30.8 Å². The number of aromatic nitrogens is 1. The summed E-state index contributed by atoms with van der Waals surface area (Å²) in [4.78, 5) is 30.2. The third kappa shape index (κ3) is 6.38. The third-order valence-electron chi connectivity index (χ3n) is 4.48. The molecule has 2 aromatic rings. The van der Waals surface area contributed by atoms with Gasteiger partial charge in [0, 0.05) is 24.2 Å². The van der Waals surface area contributed by atoms with Gasteiger partial charge in [-0.25, -0.2) is 9.78 Å². The van der Waals surface area contributed by atoms with E-state index in [1.165, 1.54) is 4.90 Å². The molecule has 0 saturated carbocycles. The minimum atomic E-state index is -4.49. The van der Waals surface area contributed by atoms with Gasteiger partial charge in [0.2, 0.25) is 5.91 Å². The van der Waals surface area contributed by atoms with Crippen LogP contribution in [0.1, 0.15) is 18.4 Å². The summed E-state index contributed by atoms with van der Waals surface area (Å²) >= 11 is 1.56. The second-order valence-corrected chi connectivity index (χ2v) is 7.77. The van der Waals surface area contributed by atoms with E-state index >= 15 is 0 Å². The molecule has 1 atom stereocenters. The zero-order chi connectivity index (χ0) is 21.6. The van der Waals surface area contributed by atoms with E-state index in [-0.39, 0.29) is 0 Å². The summed E-state index contributed by atoms with van der Waals surface area (Å²) in [6.45, 7) is -1.10. The molecule has 3 rings (SSSR count). The fourth-order valence-electron chi connectivity index (χ4n) is 3.11. The Morgan fingerprint density at radius 2 is 2.03 bits per heavy atom. The number of alkyl halides is 3. The van der Waals surface area contributed by atoms with Crippen LogP contribution in [-0.4, -0.2) is 47.1 Å². The maximum atomic E-state index is 12.6. The number of anilines is 1. The predicted molar refractivity (Wildman–Crippen MR) is 108 cm³/mol. The van der Waals surface area contributed by atoms with Gasteiger partial charge in [0.1, 0.15) is 12.6 Å². The minimum Gasteiger partial charge on any atom is -0.345 e. The first-order chi connectivity index (χ1) is 14.3. The van der Waals surface area contributed by atoms with Crippen molar-refractivity contribution >= 4 is 29.4 Å². The highest BCUT2D eigenvalue weighted by molar-refractivity contribution is 7.98. The zero-order valence-corrected chi connectivity index (χ0v) is 16.8. The molecule has 10 heteroatoms. The molecule has 1 aliphatic heterocycles. The van der Waals surface area contributed by atoms with Gasteiger partial charge in [0.25, 0.3) is 0 Å². The van der Waals surface area contributed by atoms with E-state index in [1.807, 2.05) is 35.6 Å². The van der Waals surface area contributed by atoms with Crippen molar-refractivity contribution in [1.82, 2.24) is 15.2 Å². The quantitative estimate of drug-likeness (QED) is 0.668. The second-order valence-electron chi connectivity index (χ2n) is 6.77. The van der Waals surface area contributed by atoms with Crippen LogP contribution in [0.2, 0.25) is 0 Å². The Kier molecular flexibility index (Phi) is 7.20. The van der Waals surface area contributed by atoms with Crippen molar-refractivity contribution in [1.29, 1.82) is 0 Å². The number of rotatable bonds is 6. The number of pyridine rings is 1. The highest BCUT2D eigenvalue weighted by Crippen LogP contribution is 2.23. The fraction of sp³-hybridized carbons (Fsp3) is 0.350. The van der Waals surface area contributed by atoms with Crippen LogP contribution in [0.4, 0.5) is 23.7 Å². The second kappa shape index (κ2) is 9.84. The largest absolute Gasteiger partial charge is 0.405 e. The Morgan fingerprint density at radius 1 is 1.20 bits per heavy atom. The number of benzene rings is 1. The molecule has 1 aliphatic rings. The average molecular weight is 438 g/mol. The number of nitrogens with zero attached hydrogens (tertiary/aromatic N) is 2. The van der Waals surface area contributed by atoms with Crippen LogP contribution >= 0.6 is 11.8 Å². The Bertz CT molecular complexity index is 880. The molecule has 1 unspecified atom stereocenters. The minimum absolute atomic E-state index is 0.311. The zero-order valence-electron chi connectivity index (χ0n) is 16.0. The number of thioether (sulfide) groups is 1. The van der Waals surface area contributed by atoms with Crippen LogP contribution in [0.15, 0.2) is 53.7 Å². The number of halogens is 3. The summed E-state index contributed by atoms with van der Waals surface area (Å²) < 4.78 is 37.0. The maximum absolute atomic E-state index is 12.6. The fourth-order valence-corrected chi connectivity index (χ4v) is 3.92. The van der Waals surface area contributed by atoms with E-state index in [2.05, 4.69) is 10.3 Å². The number of likely N-dealkylation sites (tertiary alicyclic amines) is 1. The van der Waals surface area contributed by atoms with Gasteiger partial charge in [-0.2, -0.15) is 13.2 Å². The van der Waals surface area contributed by atoms with E-state index < -0.39 is 30.7 Å². The standard InChI is InChI=1S/C20H21F3N4O2S/c21-20(22,23)13-25-18(28)16-7-4-10-27(16)19(29)26-15-6-3-5-14(11-15)12-30-17-8-1-2-9-24-17/h1-3,5-6,8-9,11,16H,4,7,10,12-13H2,(H,25,28)(H,26,29). The number of hydrogen-bond donors (Lipinski definition) is 2. The van der Waals surface area contributed by atoms with E-state index in [9.17, 15) is 22.8 Å². The van der Waals surface area contributed by atoms with Gasteiger partial charge < -0.3 is 15.5 Å². The van der Waals surface area contributed by atoms with Crippen molar-refractivity contribution in [2.75, 3.05) is 18.4 Å². The Balaban J connectivity index is 1.57. The first kappa shape index (κ1) is 21.9. The number of hydrogen-bond acceptors (Lipinski definition) is 4. The maximum Gasteiger partial charge on any atom is 0.405 e. The van der Waals surface area contributed by atoms with Crippen molar-refractivity contribution in [2.24, 2.45) is 0 Å². The van der Waals surface area contributed by atoms with Gasteiger partial charge in [0.15, 0.2) is 0 Å². The average Bonchev–Trinajstić information content (AvgIpc) is 3.21. The Hall–Kier alpha value is -2.75. The van der Waals surface area contributed by atoms with Crippen molar-refractivity contribution in [3.63, 3.8) is 0 Å². The molecule has 3 amide bonds. The number of carbonyl (C=O) groups excluding carboxylic acids is 2. The van der Waals surface area contributed by atoms with Crippen LogP contribution in [-0.2, 0) is 10.5 Å². The summed E-state index contributed by atoms with van der Waals surface area (Å²) in [7, 11) is 0. The number of nitrogens with one attached hydrogen (secondary N) is 2. The molecule has 0 aliphatic carbocycles. The van der Waals surface area contributed by atoms with Crippen molar-refractivity contribution in [3.05, 3.63) is 54.2 Å². The monoisotopic (exact) mass is 438 g/mol. The normalized spacial score (nSPS) is 16.4. The van der Waals surface area contributed by atoms with Crippen LogP contribution in [0, 0.1) is 0 Å². The molecule has 160 valence electrons. The molecule has 0 radical (unpaired) electrons. The highest BCUT2D eigenvalue weighted by atomic mass is 32.2. The van der Waals surface area contributed by atoms with Crippen molar-refractivity contribution in [2.45, 2.75) is 35.8 Å². The lowest BCUT2D eigenvalue weighted by molar-refractivity contribution is -0.140. The van der Waals surface area contributed by atoms with Crippen molar-refractivity contribution < 1.29 is 22.8 Å². The van der Waals surface area contributed by atoms with Crippen LogP contribution in [0.25, 0.3) is 0 Å². The summed E-state index contributed by atoms with van der Waals surface area (Å²) in [5.74, 6) is -0.132. The highest BCUT2D eigenvalue weighted by Gasteiger charge is 2.36. The molecular weight excluding hydrogens is 417 g/mol. The van der Waals surface area contributed by atoms with Crippen LogP contribution in [0.3, 0.4) is 0 Å². The lowest BCUT2D eigenvalue weighted by atomic mass is 10.2. The molecule has 6 nitrogen and oxygen atoms in total. The number of carbonyl (C=O) groups is 2. The van der Waals surface area contributed by atoms with Gasteiger partial charge in [-0.15, -0.1) is 11.8 Å². The topological polar surface area (TPSA) is 74.3 Å². The lowest BCUT2D eigenvalue weighted by Crippen LogP contribution is -2.49. The predicted octanol–water partition coefficient (Wildman–Crippen LogP) is 4.05. The van der Waals surface area contributed by atoms with Gasteiger partial charge in [0.05, 0.1) is 5.03 Å². The lowest BCUT2D eigenvalue weighted by Gasteiger charge is -2.24. The van der Waals surface area contributed by atoms with E-state index in [1.54, 1.807) is 30.1 Å². The molecule has 0 bridgehead atoms. The molecule has 30 heavy (non-hydrogen) atoms. The SMILES string of the molecule is O=C(NCC(F)(F)F)C1CCCN1C(=O)Nc1cccc(CSc2ccccn2)c1. The van der Waals surface area contributed by atoms with E-state index in [0.717, 1.165) is 10.6 Å². The first-order valence-corrected chi connectivity index (χ1v) is 10.4. The smallest absolute Gasteiger partial charge is 0.345 e. The van der Waals surface area contributed by atoms with Crippen LogP contribution < -0.4 is 10.6 Å². The molecule has 2 N–H and O–H groups in total. The van der Waals surface area contributed by atoms with E-state index in [4.69, 9.17) is 0 Å². The molecule has 1 fully saturated rings. The molecule has 0 spiro atoms. The third-order valence-corrected chi connectivity index (χ3v) is 5.50. The number of urea groups is 1. The van der Waals surface area contributed by atoms with Crippen molar-refractivity contribution in [3.8, 4) is 0 Å². The molecule has 1 aromatic carbocycles. The van der Waals surface area contributed by atoms with Gasteiger partial charge in [-0.1, -0.05) is 18.2 Å². The summed E-state index contributed by atoms with van der Waals surface area (Å²) in [5, 5.41) is 5.49. The summed E-state index contributed by atoms with van der Waals surface area (Å²) in [6, 6.07) is 11.5. The van der Waals surface area contributed by atoms with Gasteiger partial charge in [-0.05, 0) is 42.7 Å². The van der Waals surface area contributed by atoms with Crippen LogP contribution in [0.5, 0.6) is 0 Å². The molecule has 2 heterocycles. The molecule has 1 aromatic heterocycles. The van der Waals surface area contributed by atoms with Gasteiger partial charge in [-0.3, -0.25) is 4.79 Å². The van der Waals surface area contributed by atoms with Gasteiger partial charge >= 0.3 is 12.2 Å². The summed E-state index contributed by atoms with van der Waals surface area (Å²) in [5.41, 5.74) is 1.53. The molecular formula is C20H21F3N4O2S. The number of amides is 3. The molecule has 1 saturated heterocycles. The Morgan fingerprint density at radius 3 is 2.77 bits per heavy atom. The Labute approximate surface area is 176 Å². The summed E-state index contributed by atoms with van der Waals surface area (Å²) in [6.07, 6.45) is -1.89. The first-order valence-electron chi connectivity index (χ1n) is 9.37.